The summed E-state index contributed by atoms with van der Waals surface area (Å²) in [5.41, 5.74) is 3.44. The van der Waals surface area contributed by atoms with Crippen molar-refractivity contribution in [2.75, 3.05) is 0 Å². The molecule has 1 N–H and O–H groups in total. The number of hydrogen-bond donors (Lipinski definition) is 1. The summed E-state index contributed by atoms with van der Waals surface area (Å²) in [6.07, 6.45) is 10.9. The number of rotatable bonds is 2. The van der Waals surface area contributed by atoms with Crippen LogP contribution in [0, 0.1) is 5.41 Å². The first-order valence-electron chi connectivity index (χ1n) is 7.66. The van der Waals surface area contributed by atoms with E-state index in [9.17, 15) is 0 Å². The Kier molecular flexibility index (Phi) is 3.49. The van der Waals surface area contributed by atoms with Gasteiger partial charge in [0.25, 0.3) is 0 Å². The van der Waals surface area contributed by atoms with E-state index in [0.717, 1.165) is 0 Å². The number of fused-ring (bicyclic) bond motifs is 1. The molecule has 19 heavy (non-hydrogen) atoms. The molecule has 1 aromatic carbocycles. The zero-order valence-electron chi connectivity index (χ0n) is 12.2. The summed E-state index contributed by atoms with van der Waals surface area (Å²) < 4.78 is 0. The first kappa shape index (κ1) is 12.9. The summed E-state index contributed by atoms with van der Waals surface area (Å²) in [7, 11) is 0. The van der Waals surface area contributed by atoms with Crippen LogP contribution in [0.15, 0.2) is 36.4 Å². The van der Waals surface area contributed by atoms with Crippen LogP contribution in [0.4, 0.5) is 0 Å². The monoisotopic (exact) mass is 255 g/mol. The molecule has 1 heteroatoms. The second-order valence-electron chi connectivity index (χ2n) is 6.77. The van der Waals surface area contributed by atoms with E-state index >= 15 is 0 Å². The van der Waals surface area contributed by atoms with Crippen molar-refractivity contribution in [2.24, 2.45) is 5.41 Å². The molecule has 0 aliphatic heterocycles. The van der Waals surface area contributed by atoms with Gasteiger partial charge in [-0.25, -0.2) is 0 Å². The average Bonchev–Trinajstić information content (AvgIpc) is 2.43. The van der Waals surface area contributed by atoms with Crippen molar-refractivity contribution in [2.45, 2.75) is 58.0 Å². The standard InChI is InChI=1S/C18H25N/c1-18(2)13-12-14-8-6-7-11-16(14)17(18)19-15-9-4-3-5-10-15/h3-4,6-8,11,15,17,19H,5,9-10,12-13H2,1-2H3. The van der Waals surface area contributed by atoms with Gasteiger partial charge in [0.15, 0.2) is 0 Å². The lowest BCUT2D eigenvalue weighted by atomic mass is 9.70. The third kappa shape index (κ3) is 2.62. The lowest BCUT2D eigenvalue weighted by molar-refractivity contribution is 0.189. The van der Waals surface area contributed by atoms with E-state index < -0.39 is 0 Å². The maximum atomic E-state index is 3.95. The van der Waals surface area contributed by atoms with Crippen LogP contribution in [0.3, 0.4) is 0 Å². The topological polar surface area (TPSA) is 12.0 Å². The molecular weight excluding hydrogens is 230 g/mol. The van der Waals surface area contributed by atoms with E-state index in [1.807, 2.05) is 0 Å². The molecule has 1 nitrogen and oxygen atoms in total. The fourth-order valence-electron chi connectivity index (χ4n) is 3.56. The Morgan fingerprint density at radius 3 is 2.79 bits per heavy atom. The largest absolute Gasteiger partial charge is 0.306 e. The Labute approximate surface area is 117 Å². The van der Waals surface area contributed by atoms with Crippen LogP contribution < -0.4 is 5.32 Å². The van der Waals surface area contributed by atoms with Gasteiger partial charge >= 0.3 is 0 Å². The molecule has 1 aromatic rings. The molecule has 0 saturated heterocycles. The Balaban J connectivity index is 1.86. The highest BCUT2D eigenvalue weighted by atomic mass is 15.0. The second-order valence-corrected chi connectivity index (χ2v) is 6.77. The van der Waals surface area contributed by atoms with Gasteiger partial charge < -0.3 is 5.32 Å². The summed E-state index contributed by atoms with van der Waals surface area (Å²) >= 11 is 0. The van der Waals surface area contributed by atoms with E-state index in [-0.39, 0.29) is 0 Å². The molecule has 0 heterocycles. The number of allylic oxidation sites excluding steroid dienone is 1. The third-order valence-electron chi connectivity index (χ3n) is 4.86. The van der Waals surface area contributed by atoms with Crippen LogP contribution in [0.1, 0.15) is 56.7 Å². The van der Waals surface area contributed by atoms with Gasteiger partial charge in [0.2, 0.25) is 0 Å². The number of benzene rings is 1. The van der Waals surface area contributed by atoms with Crippen LogP contribution in [0.5, 0.6) is 0 Å². The zero-order valence-corrected chi connectivity index (χ0v) is 12.2. The summed E-state index contributed by atoms with van der Waals surface area (Å²) in [5.74, 6) is 0. The summed E-state index contributed by atoms with van der Waals surface area (Å²) in [6.45, 7) is 4.83. The minimum absolute atomic E-state index is 0.357. The van der Waals surface area contributed by atoms with Crippen LogP contribution in [-0.2, 0) is 6.42 Å². The molecule has 3 rings (SSSR count). The van der Waals surface area contributed by atoms with Crippen LogP contribution in [0.2, 0.25) is 0 Å². The van der Waals surface area contributed by atoms with Crippen LogP contribution >= 0.6 is 0 Å². The van der Waals surface area contributed by atoms with Crippen molar-refractivity contribution in [3.05, 3.63) is 47.5 Å². The van der Waals surface area contributed by atoms with Crippen LogP contribution in [-0.4, -0.2) is 6.04 Å². The molecule has 0 bridgehead atoms. The maximum absolute atomic E-state index is 3.95. The van der Waals surface area contributed by atoms with Crippen LogP contribution in [0.25, 0.3) is 0 Å². The van der Waals surface area contributed by atoms with E-state index in [2.05, 4.69) is 55.6 Å². The van der Waals surface area contributed by atoms with Crippen molar-refractivity contribution in [3.63, 3.8) is 0 Å². The molecule has 102 valence electrons. The van der Waals surface area contributed by atoms with Crippen molar-refractivity contribution in [1.82, 2.24) is 5.32 Å². The van der Waals surface area contributed by atoms with E-state index in [0.29, 0.717) is 17.5 Å². The fourth-order valence-corrected chi connectivity index (χ4v) is 3.56. The highest BCUT2D eigenvalue weighted by Gasteiger charge is 2.36. The maximum Gasteiger partial charge on any atom is 0.0377 e. The third-order valence-corrected chi connectivity index (χ3v) is 4.86. The highest BCUT2D eigenvalue weighted by Crippen LogP contribution is 2.43. The number of hydrogen-bond acceptors (Lipinski definition) is 1. The minimum atomic E-state index is 0.357. The second kappa shape index (κ2) is 5.13. The fraction of sp³-hybridized carbons (Fsp3) is 0.556. The molecule has 2 unspecified atom stereocenters. The first-order valence-corrected chi connectivity index (χ1v) is 7.66. The number of nitrogens with one attached hydrogen (secondary N) is 1. The summed E-state index contributed by atoms with van der Waals surface area (Å²) in [5, 5.41) is 3.95. The van der Waals surface area contributed by atoms with Crippen molar-refractivity contribution in [3.8, 4) is 0 Å². The minimum Gasteiger partial charge on any atom is -0.306 e. The van der Waals surface area contributed by atoms with Crippen molar-refractivity contribution < 1.29 is 0 Å². The molecule has 2 aliphatic rings. The van der Waals surface area contributed by atoms with Gasteiger partial charge in [-0.1, -0.05) is 50.3 Å². The van der Waals surface area contributed by atoms with Crippen molar-refractivity contribution >= 4 is 0 Å². The Morgan fingerprint density at radius 1 is 1.16 bits per heavy atom. The van der Waals surface area contributed by atoms with Gasteiger partial charge in [-0.15, -0.1) is 0 Å². The highest BCUT2D eigenvalue weighted by molar-refractivity contribution is 5.34. The van der Waals surface area contributed by atoms with Gasteiger partial charge in [0.1, 0.15) is 0 Å². The lowest BCUT2D eigenvalue weighted by Gasteiger charge is -2.43. The zero-order chi connectivity index (χ0) is 13.3. The normalized spacial score (nSPS) is 28.9. The molecule has 0 aromatic heterocycles. The van der Waals surface area contributed by atoms with Gasteiger partial charge in [-0.2, -0.15) is 0 Å². The predicted octanol–water partition coefficient (Wildman–Crippen LogP) is 4.40. The predicted molar refractivity (Wildman–Crippen MR) is 81.2 cm³/mol. The molecule has 0 amide bonds. The Bertz CT molecular complexity index is 472. The molecule has 0 fully saturated rings. The number of aryl methyl sites for hydroxylation is 1. The summed E-state index contributed by atoms with van der Waals surface area (Å²) in [6, 6.07) is 10.2. The van der Waals surface area contributed by atoms with Gasteiger partial charge in [0.05, 0.1) is 0 Å². The smallest absolute Gasteiger partial charge is 0.0377 e. The summed E-state index contributed by atoms with van der Waals surface area (Å²) in [4.78, 5) is 0. The van der Waals surface area contributed by atoms with E-state index in [1.165, 1.54) is 37.7 Å². The van der Waals surface area contributed by atoms with E-state index in [4.69, 9.17) is 0 Å². The van der Waals surface area contributed by atoms with Crippen molar-refractivity contribution in [1.29, 1.82) is 0 Å². The Hall–Kier alpha value is -1.08. The molecule has 0 spiro atoms. The lowest BCUT2D eigenvalue weighted by Crippen LogP contribution is -2.43. The molecule has 0 saturated carbocycles. The van der Waals surface area contributed by atoms with E-state index in [1.54, 1.807) is 5.56 Å². The van der Waals surface area contributed by atoms with Gasteiger partial charge in [-0.05, 0) is 48.6 Å². The quantitative estimate of drug-likeness (QED) is 0.772. The SMILES string of the molecule is CC1(C)CCc2ccccc2C1NC1CC=CCC1. The first-order chi connectivity index (χ1) is 9.17. The molecule has 2 atom stereocenters. The molecular formula is C18H25N. The Morgan fingerprint density at radius 2 is 2.00 bits per heavy atom. The van der Waals surface area contributed by atoms with Gasteiger partial charge in [0, 0.05) is 12.1 Å². The average molecular weight is 255 g/mol. The molecule has 0 radical (unpaired) electrons. The molecule has 2 aliphatic carbocycles. The van der Waals surface area contributed by atoms with Gasteiger partial charge in [-0.3, -0.25) is 0 Å².